The highest BCUT2D eigenvalue weighted by Crippen LogP contribution is 2.36. The molecular weight excluding hydrogens is 434 g/mol. The quantitative estimate of drug-likeness (QED) is 0.326. The van der Waals surface area contributed by atoms with Gasteiger partial charge in [-0.3, -0.25) is 0 Å². The molecule has 0 unspecified atom stereocenters. The molecule has 0 spiro atoms. The normalized spacial score (nSPS) is 14.2. The van der Waals surface area contributed by atoms with Gasteiger partial charge in [0.25, 0.3) is 0 Å². The summed E-state index contributed by atoms with van der Waals surface area (Å²) in [5, 5.41) is 20.3. The molecular formula is C29H19N5O. The summed E-state index contributed by atoms with van der Waals surface area (Å²) in [6.07, 6.45) is 3.67. The van der Waals surface area contributed by atoms with Gasteiger partial charge in [0.15, 0.2) is 0 Å². The third-order valence-corrected chi connectivity index (χ3v) is 6.51. The molecule has 1 aliphatic heterocycles. The minimum absolute atomic E-state index is 0.166. The fraction of sp³-hybridized carbons (Fsp3) is 0.103. The molecule has 0 aliphatic carbocycles. The van der Waals surface area contributed by atoms with E-state index in [1.54, 1.807) is 0 Å². The minimum Gasteiger partial charge on any atom is -0.489 e. The number of rotatable bonds is 1. The highest BCUT2D eigenvalue weighted by Gasteiger charge is 2.21. The summed E-state index contributed by atoms with van der Waals surface area (Å²) in [5.41, 5.74) is 7.48. The van der Waals surface area contributed by atoms with Crippen LogP contribution in [0.25, 0.3) is 22.0 Å². The van der Waals surface area contributed by atoms with Gasteiger partial charge in [-0.2, -0.15) is 10.5 Å². The predicted octanol–water partition coefficient (Wildman–Crippen LogP) is 5.68. The molecule has 0 fully saturated rings. The smallest absolute Gasteiger partial charge is 0.141 e. The van der Waals surface area contributed by atoms with Crippen LogP contribution in [0.4, 0.5) is 0 Å². The lowest BCUT2D eigenvalue weighted by Crippen LogP contribution is -2.14. The van der Waals surface area contributed by atoms with E-state index in [0.717, 1.165) is 44.4 Å². The van der Waals surface area contributed by atoms with Crippen molar-refractivity contribution in [1.29, 1.82) is 10.5 Å². The molecule has 6 bridgehead atoms. The average Bonchev–Trinajstić information content (AvgIpc) is 3.32. The van der Waals surface area contributed by atoms with Crippen molar-refractivity contribution in [2.24, 2.45) is 0 Å². The number of hydrogen-bond acceptors (Lipinski definition) is 5. The van der Waals surface area contributed by atoms with Crippen molar-refractivity contribution >= 4 is 10.9 Å². The maximum absolute atomic E-state index is 9.73. The molecule has 2 aromatic heterocycles. The molecule has 0 saturated carbocycles. The maximum atomic E-state index is 9.73. The second-order valence-electron chi connectivity index (χ2n) is 8.63. The van der Waals surface area contributed by atoms with Gasteiger partial charge in [-0.15, -0.1) is 0 Å². The van der Waals surface area contributed by atoms with E-state index in [9.17, 15) is 10.5 Å². The summed E-state index contributed by atoms with van der Waals surface area (Å²) in [7, 11) is 0. The summed E-state index contributed by atoms with van der Waals surface area (Å²) < 4.78 is 8.28. The highest BCUT2D eigenvalue weighted by atomic mass is 16.5. The molecule has 0 N–H and O–H groups in total. The fourth-order valence-electron chi connectivity index (χ4n) is 4.79. The molecule has 6 nitrogen and oxygen atoms in total. The molecule has 0 saturated heterocycles. The van der Waals surface area contributed by atoms with E-state index in [1.807, 2.05) is 74.0 Å². The van der Waals surface area contributed by atoms with Crippen LogP contribution in [0.2, 0.25) is 0 Å². The Kier molecular flexibility index (Phi) is 4.80. The SMILES string of the molecule is Cc1cncn1[C@H]1c2ccc(C#N)c(c2)COc2cccc(c2)-c2cc(C#N)nc3ccc1cc23. The Morgan fingerprint density at radius 3 is 2.63 bits per heavy atom. The lowest BCUT2D eigenvalue weighted by molar-refractivity contribution is 0.306. The minimum atomic E-state index is -0.166. The molecule has 5 aromatic rings. The molecule has 3 heterocycles. The summed E-state index contributed by atoms with van der Waals surface area (Å²) >= 11 is 0. The first-order valence-electron chi connectivity index (χ1n) is 11.2. The van der Waals surface area contributed by atoms with Gasteiger partial charge in [0, 0.05) is 22.8 Å². The van der Waals surface area contributed by atoms with E-state index in [0.29, 0.717) is 17.0 Å². The van der Waals surface area contributed by atoms with Gasteiger partial charge in [0.05, 0.1) is 29.5 Å². The Hall–Kier alpha value is -4.94. The van der Waals surface area contributed by atoms with Crippen molar-refractivity contribution in [2.75, 3.05) is 0 Å². The Morgan fingerprint density at radius 2 is 1.83 bits per heavy atom. The molecule has 6 heteroatoms. The van der Waals surface area contributed by atoms with E-state index in [-0.39, 0.29) is 12.6 Å². The number of benzene rings is 3. The summed E-state index contributed by atoms with van der Waals surface area (Å²) in [4.78, 5) is 8.93. The van der Waals surface area contributed by atoms with Gasteiger partial charge in [-0.1, -0.05) is 24.3 Å². The van der Waals surface area contributed by atoms with Gasteiger partial charge in [-0.25, -0.2) is 9.97 Å². The molecule has 0 radical (unpaired) electrons. The Balaban J connectivity index is 1.70. The molecule has 1 atom stereocenters. The number of fused-ring (bicyclic) bond motifs is 6. The predicted molar refractivity (Wildman–Crippen MR) is 132 cm³/mol. The zero-order valence-corrected chi connectivity index (χ0v) is 18.9. The van der Waals surface area contributed by atoms with Crippen LogP contribution >= 0.6 is 0 Å². The van der Waals surface area contributed by atoms with Crippen LogP contribution in [0.5, 0.6) is 5.75 Å². The van der Waals surface area contributed by atoms with Crippen molar-refractivity contribution in [3.63, 3.8) is 0 Å². The third-order valence-electron chi connectivity index (χ3n) is 6.51. The van der Waals surface area contributed by atoms with Crippen LogP contribution in [-0.2, 0) is 6.61 Å². The van der Waals surface area contributed by atoms with Crippen LogP contribution in [0, 0.1) is 29.6 Å². The number of aromatic nitrogens is 3. The van der Waals surface area contributed by atoms with Crippen LogP contribution in [-0.4, -0.2) is 14.5 Å². The largest absolute Gasteiger partial charge is 0.489 e. The molecule has 6 rings (SSSR count). The zero-order valence-electron chi connectivity index (χ0n) is 18.9. The van der Waals surface area contributed by atoms with Crippen molar-refractivity contribution < 1.29 is 4.74 Å². The third kappa shape index (κ3) is 3.49. The van der Waals surface area contributed by atoms with Crippen LogP contribution in [0.15, 0.2) is 79.3 Å². The van der Waals surface area contributed by atoms with Gasteiger partial charge in [-0.05, 0) is 71.6 Å². The second-order valence-corrected chi connectivity index (χ2v) is 8.63. The zero-order chi connectivity index (χ0) is 23.9. The number of hydrogen-bond donors (Lipinski definition) is 0. The standard InChI is InChI=1S/C29H19N5O/c1-18-15-32-17-34(18)29-20-5-6-22(13-30)23(9-20)16-35-25-4-2-3-19(10-25)26-12-24(14-31)33-28-8-7-21(29)11-27(26)28/h2-12,15,17,29H,16H2,1H3/t29-/m0/s1. The Morgan fingerprint density at radius 1 is 0.971 bits per heavy atom. The number of ether oxygens (including phenoxy) is 1. The average molecular weight is 454 g/mol. The summed E-state index contributed by atoms with van der Waals surface area (Å²) in [5.74, 6) is 0.692. The van der Waals surface area contributed by atoms with E-state index in [1.165, 1.54) is 0 Å². The van der Waals surface area contributed by atoms with Gasteiger partial charge < -0.3 is 9.30 Å². The summed E-state index contributed by atoms with van der Waals surface area (Å²) in [6, 6.07) is 26.0. The van der Waals surface area contributed by atoms with Gasteiger partial charge >= 0.3 is 0 Å². The fourth-order valence-corrected chi connectivity index (χ4v) is 4.79. The molecule has 3 aromatic carbocycles. The first-order valence-corrected chi connectivity index (χ1v) is 11.2. The van der Waals surface area contributed by atoms with E-state index < -0.39 is 0 Å². The Bertz CT molecular complexity index is 1700. The van der Waals surface area contributed by atoms with Crippen LogP contribution < -0.4 is 4.74 Å². The highest BCUT2D eigenvalue weighted by molar-refractivity contribution is 5.95. The van der Waals surface area contributed by atoms with Crippen molar-refractivity contribution in [1.82, 2.24) is 14.5 Å². The number of nitrogens with zero attached hydrogens (tertiary/aromatic N) is 5. The molecule has 0 amide bonds. The van der Waals surface area contributed by atoms with E-state index in [4.69, 9.17) is 4.74 Å². The maximum Gasteiger partial charge on any atom is 0.141 e. The van der Waals surface area contributed by atoms with E-state index in [2.05, 4.69) is 38.8 Å². The van der Waals surface area contributed by atoms with Crippen molar-refractivity contribution in [2.45, 2.75) is 19.6 Å². The number of pyridine rings is 1. The van der Waals surface area contributed by atoms with Crippen LogP contribution in [0.1, 0.15) is 39.7 Å². The van der Waals surface area contributed by atoms with Gasteiger partial charge in [0.1, 0.15) is 24.1 Å². The van der Waals surface area contributed by atoms with E-state index >= 15 is 0 Å². The lowest BCUT2D eigenvalue weighted by Gasteiger charge is -2.23. The molecule has 35 heavy (non-hydrogen) atoms. The second kappa shape index (κ2) is 8.13. The van der Waals surface area contributed by atoms with Gasteiger partial charge in [0.2, 0.25) is 0 Å². The Labute approximate surface area is 202 Å². The first kappa shape index (κ1) is 20.7. The topological polar surface area (TPSA) is 87.5 Å². The lowest BCUT2D eigenvalue weighted by atomic mass is 9.92. The van der Waals surface area contributed by atoms with Crippen molar-refractivity contribution in [3.8, 4) is 29.0 Å². The molecule has 1 aliphatic rings. The molecule has 166 valence electrons. The summed E-state index contributed by atoms with van der Waals surface area (Å²) in [6.45, 7) is 2.29. The number of aryl methyl sites for hydroxylation is 1. The number of nitriles is 2. The van der Waals surface area contributed by atoms with Crippen LogP contribution in [0.3, 0.4) is 0 Å². The number of imidazole rings is 1. The monoisotopic (exact) mass is 453 g/mol. The van der Waals surface area contributed by atoms with Crippen molar-refractivity contribution in [3.05, 3.63) is 113 Å². The first-order chi connectivity index (χ1) is 17.1.